The minimum Gasteiger partial charge on any atom is -0.314 e. The van der Waals surface area contributed by atoms with Gasteiger partial charge < -0.3 is 5.32 Å². The molecule has 0 heterocycles. The van der Waals surface area contributed by atoms with Crippen molar-refractivity contribution in [2.24, 2.45) is 5.41 Å². The second-order valence-electron chi connectivity index (χ2n) is 5.71. The first-order valence-electron chi connectivity index (χ1n) is 5.85. The number of alkyl halides is 1. The van der Waals surface area contributed by atoms with Gasteiger partial charge in [0.15, 0.2) is 0 Å². The van der Waals surface area contributed by atoms with Crippen molar-refractivity contribution in [2.75, 3.05) is 6.54 Å². The summed E-state index contributed by atoms with van der Waals surface area (Å²) >= 11 is 6.06. The third kappa shape index (κ3) is 5.21. The molecule has 14 heavy (non-hydrogen) atoms. The predicted molar refractivity (Wildman–Crippen MR) is 64.0 cm³/mol. The molecule has 1 N–H and O–H groups in total. The Balaban J connectivity index is 2.08. The molecule has 1 saturated carbocycles. The number of halogens is 1. The van der Waals surface area contributed by atoms with E-state index in [4.69, 9.17) is 11.6 Å². The summed E-state index contributed by atoms with van der Waals surface area (Å²) in [5.74, 6) is 0. The van der Waals surface area contributed by atoms with Crippen molar-refractivity contribution >= 4 is 11.6 Å². The first kappa shape index (κ1) is 12.3. The molecule has 1 aliphatic rings. The van der Waals surface area contributed by atoms with E-state index in [1.54, 1.807) is 0 Å². The molecule has 0 aromatic heterocycles. The van der Waals surface area contributed by atoms with Gasteiger partial charge in [0.1, 0.15) is 0 Å². The summed E-state index contributed by atoms with van der Waals surface area (Å²) in [5.41, 5.74) is 0.455. The van der Waals surface area contributed by atoms with E-state index in [2.05, 4.69) is 26.1 Å². The molecule has 0 aromatic rings. The van der Waals surface area contributed by atoms with E-state index in [1.807, 2.05) is 0 Å². The number of hydrogen-bond acceptors (Lipinski definition) is 1. The molecule has 0 bridgehead atoms. The summed E-state index contributed by atoms with van der Waals surface area (Å²) < 4.78 is 0. The molecule has 0 aliphatic heterocycles. The summed E-state index contributed by atoms with van der Waals surface area (Å²) in [7, 11) is 0. The lowest BCUT2D eigenvalue weighted by Gasteiger charge is -2.27. The zero-order valence-corrected chi connectivity index (χ0v) is 10.5. The minimum absolute atomic E-state index is 0.440. The van der Waals surface area contributed by atoms with Crippen LogP contribution in [0.2, 0.25) is 0 Å². The Morgan fingerprint density at radius 2 is 1.71 bits per heavy atom. The van der Waals surface area contributed by atoms with Crippen molar-refractivity contribution in [3.63, 3.8) is 0 Å². The molecule has 0 amide bonds. The fraction of sp³-hybridized carbons (Fsp3) is 1.00. The summed E-state index contributed by atoms with van der Waals surface area (Å²) in [6.07, 6.45) is 6.16. The number of hydrogen-bond donors (Lipinski definition) is 1. The molecule has 1 rings (SSSR count). The normalized spacial score (nSPS) is 29.1. The van der Waals surface area contributed by atoms with Gasteiger partial charge in [0, 0.05) is 11.4 Å². The molecular weight excluding hydrogens is 194 g/mol. The van der Waals surface area contributed by atoms with Crippen LogP contribution >= 0.6 is 11.6 Å². The molecule has 0 radical (unpaired) electrons. The highest BCUT2D eigenvalue weighted by atomic mass is 35.5. The molecule has 0 spiro atoms. The van der Waals surface area contributed by atoms with E-state index < -0.39 is 0 Å². The highest BCUT2D eigenvalue weighted by molar-refractivity contribution is 6.20. The monoisotopic (exact) mass is 217 g/mol. The van der Waals surface area contributed by atoms with E-state index >= 15 is 0 Å². The van der Waals surface area contributed by atoms with Crippen LogP contribution in [0, 0.1) is 5.41 Å². The van der Waals surface area contributed by atoms with E-state index in [-0.39, 0.29) is 0 Å². The number of rotatable bonds is 3. The van der Waals surface area contributed by atoms with Crippen LogP contribution in [0.25, 0.3) is 0 Å². The smallest absolute Gasteiger partial charge is 0.0337 e. The Bertz CT molecular complexity index is 154. The van der Waals surface area contributed by atoms with Gasteiger partial charge in [-0.1, -0.05) is 20.8 Å². The average molecular weight is 218 g/mol. The van der Waals surface area contributed by atoms with Crippen LogP contribution in [0.4, 0.5) is 0 Å². The van der Waals surface area contributed by atoms with E-state index in [0.717, 1.165) is 12.6 Å². The van der Waals surface area contributed by atoms with E-state index in [1.165, 1.54) is 32.1 Å². The average Bonchev–Trinajstić information content (AvgIpc) is 2.06. The Morgan fingerprint density at radius 3 is 2.21 bits per heavy atom. The van der Waals surface area contributed by atoms with Gasteiger partial charge in [-0.25, -0.2) is 0 Å². The third-order valence-corrected chi connectivity index (χ3v) is 3.40. The van der Waals surface area contributed by atoms with Crippen molar-refractivity contribution in [1.29, 1.82) is 0 Å². The molecule has 1 aliphatic carbocycles. The van der Waals surface area contributed by atoms with E-state index in [0.29, 0.717) is 10.8 Å². The molecular formula is C12H24ClN. The van der Waals surface area contributed by atoms with Gasteiger partial charge in [0.25, 0.3) is 0 Å². The van der Waals surface area contributed by atoms with E-state index in [9.17, 15) is 0 Å². The standard InChI is InChI=1S/C12H24ClN/c1-12(2,3)8-9-14-11-6-4-10(13)5-7-11/h10-11,14H,4-9H2,1-3H3. The first-order valence-corrected chi connectivity index (χ1v) is 6.28. The Hall–Kier alpha value is 0.250. The van der Waals surface area contributed by atoms with Gasteiger partial charge in [0.2, 0.25) is 0 Å². The molecule has 0 saturated heterocycles. The van der Waals surface area contributed by atoms with Crippen molar-refractivity contribution in [3.8, 4) is 0 Å². The molecule has 1 fully saturated rings. The molecule has 84 valence electrons. The fourth-order valence-corrected chi connectivity index (χ4v) is 2.16. The van der Waals surface area contributed by atoms with Crippen LogP contribution in [0.1, 0.15) is 52.9 Å². The second kappa shape index (κ2) is 5.37. The summed E-state index contributed by atoms with van der Waals surface area (Å²) in [6.45, 7) is 8.04. The van der Waals surface area contributed by atoms with Crippen molar-refractivity contribution in [2.45, 2.75) is 64.3 Å². The first-order chi connectivity index (χ1) is 6.47. The lowest BCUT2D eigenvalue weighted by atomic mass is 9.91. The van der Waals surface area contributed by atoms with Crippen molar-refractivity contribution in [1.82, 2.24) is 5.32 Å². The summed E-state index contributed by atoms with van der Waals surface area (Å²) in [6, 6.07) is 0.729. The van der Waals surface area contributed by atoms with Gasteiger partial charge in [-0.2, -0.15) is 0 Å². The zero-order chi connectivity index (χ0) is 10.6. The Labute approximate surface area is 93.6 Å². The molecule has 0 unspecified atom stereocenters. The SMILES string of the molecule is CC(C)(C)CCNC1CCC(Cl)CC1. The van der Waals surface area contributed by atoms with Gasteiger partial charge in [0.05, 0.1) is 0 Å². The zero-order valence-electron chi connectivity index (χ0n) is 9.78. The Kier molecular flexibility index (Phi) is 4.72. The molecule has 0 atom stereocenters. The molecule has 0 aromatic carbocycles. The topological polar surface area (TPSA) is 12.0 Å². The van der Waals surface area contributed by atoms with Gasteiger partial charge >= 0.3 is 0 Å². The van der Waals surface area contributed by atoms with Crippen LogP contribution in [-0.2, 0) is 0 Å². The molecule has 1 nitrogen and oxygen atoms in total. The Morgan fingerprint density at radius 1 is 1.14 bits per heavy atom. The van der Waals surface area contributed by atoms with Crippen LogP contribution in [-0.4, -0.2) is 18.0 Å². The minimum atomic E-state index is 0.440. The maximum atomic E-state index is 6.06. The van der Waals surface area contributed by atoms with Crippen molar-refractivity contribution in [3.05, 3.63) is 0 Å². The van der Waals surface area contributed by atoms with Crippen LogP contribution in [0.3, 0.4) is 0 Å². The highest BCUT2D eigenvalue weighted by Gasteiger charge is 2.19. The maximum Gasteiger partial charge on any atom is 0.0337 e. The lowest BCUT2D eigenvalue weighted by molar-refractivity contribution is 0.324. The summed E-state index contributed by atoms with van der Waals surface area (Å²) in [5, 5.41) is 4.08. The molecule has 2 heteroatoms. The quantitative estimate of drug-likeness (QED) is 0.713. The maximum absolute atomic E-state index is 6.06. The van der Waals surface area contributed by atoms with Crippen molar-refractivity contribution < 1.29 is 0 Å². The van der Waals surface area contributed by atoms with Crippen LogP contribution in [0.5, 0.6) is 0 Å². The summed E-state index contributed by atoms with van der Waals surface area (Å²) in [4.78, 5) is 0. The van der Waals surface area contributed by atoms with Gasteiger partial charge in [-0.05, 0) is 44.1 Å². The lowest BCUT2D eigenvalue weighted by Crippen LogP contribution is -2.35. The predicted octanol–water partition coefficient (Wildman–Crippen LogP) is 3.56. The van der Waals surface area contributed by atoms with Crippen LogP contribution in [0.15, 0.2) is 0 Å². The fourth-order valence-electron chi connectivity index (χ4n) is 1.91. The highest BCUT2D eigenvalue weighted by Crippen LogP contribution is 2.23. The largest absolute Gasteiger partial charge is 0.314 e. The second-order valence-corrected chi connectivity index (χ2v) is 6.33. The van der Waals surface area contributed by atoms with Gasteiger partial charge in [-0.15, -0.1) is 11.6 Å². The number of nitrogens with one attached hydrogen (secondary N) is 1. The van der Waals surface area contributed by atoms with Crippen LogP contribution < -0.4 is 5.32 Å². The third-order valence-electron chi connectivity index (χ3n) is 2.96. The van der Waals surface area contributed by atoms with Gasteiger partial charge in [-0.3, -0.25) is 0 Å².